The Labute approximate surface area is 171 Å². The van der Waals surface area contributed by atoms with Gasteiger partial charge in [-0.1, -0.05) is 16.8 Å². The smallest absolute Gasteiger partial charge is 0.328 e. The first kappa shape index (κ1) is 22.3. The van der Waals surface area contributed by atoms with Gasteiger partial charge in [0.15, 0.2) is 11.5 Å². The second kappa shape index (κ2) is 11.1. The van der Waals surface area contributed by atoms with Crippen molar-refractivity contribution in [3.8, 4) is 0 Å². The van der Waals surface area contributed by atoms with Crippen molar-refractivity contribution in [2.75, 3.05) is 26.3 Å². The van der Waals surface area contributed by atoms with Crippen molar-refractivity contribution in [2.45, 2.75) is 6.54 Å². The summed E-state index contributed by atoms with van der Waals surface area (Å²) < 4.78 is 10.5. The van der Waals surface area contributed by atoms with Crippen molar-refractivity contribution < 1.29 is 33.9 Å². The monoisotopic (exact) mass is 422 g/mol. The Bertz CT molecular complexity index is 855. The van der Waals surface area contributed by atoms with Crippen molar-refractivity contribution in [3.63, 3.8) is 0 Å². The summed E-state index contributed by atoms with van der Waals surface area (Å²) in [6, 6.07) is 8.43. The maximum atomic E-state index is 12.3. The van der Waals surface area contributed by atoms with E-state index >= 15 is 0 Å². The number of aromatic nitrogens is 1. The van der Waals surface area contributed by atoms with Crippen LogP contribution in [-0.2, 0) is 20.9 Å². The molecule has 1 aromatic carbocycles. The molecule has 1 aliphatic heterocycles. The lowest BCUT2D eigenvalue weighted by Gasteiger charge is -2.25. The fourth-order valence-electron chi connectivity index (χ4n) is 2.37. The van der Waals surface area contributed by atoms with E-state index in [-0.39, 0.29) is 5.78 Å². The number of halogens is 1. The molecule has 1 fully saturated rings. The molecule has 0 atom stereocenters. The number of nitrogens with zero attached hydrogens (tertiary/aromatic N) is 2. The SMILES string of the molecule is O=C(O)/C=C\C(=O)O.O=C(c1ccc(Cl)cc1)c1cc(CN2CCOCC2)on1. The molecule has 3 rings (SSSR count). The Morgan fingerprint density at radius 3 is 2.21 bits per heavy atom. The van der Waals surface area contributed by atoms with Gasteiger partial charge in [0, 0.05) is 41.9 Å². The van der Waals surface area contributed by atoms with Crippen LogP contribution in [0.25, 0.3) is 0 Å². The Kier molecular flexibility index (Phi) is 8.53. The van der Waals surface area contributed by atoms with E-state index in [1.54, 1.807) is 30.3 Å². The summed E-state index contributed by atoms with van der Waals surface area (Å²) in [5.41, 5.74) is 0.867. The zero-order valence-electron chi connectivity index (χ0n) is 15.3. The Morgan fingerprint density at radius 2 is 1.66 bits per heavy atom. The van der Waals surface area contributed by atoms with Crippen molar-refractivity contribution >= 4 is 29.3 Å². The van der Waals surface area contributed by atoms with Gasteiger partial charge in [-0.05, 0) is 24.3 Å². The predicted molar refractivity (Wildman–Crippen MR) is 102 cm³/mol. The Balaban J connectivity index is 0.000000321. The summed E-state index contributed by atoms with van der Waals surface area (Å²) in [6.45, 7) is 3.82. The third-order valence-electron chi connectivity index (χ3n) is 3.75. The zero-order valence-corrected chi connectivity index (χ0v) is 16.0. The molecule has 2 N–H and O–H groups in total. The molecule has 2 heterocycles. The van der Waals surface area contributed by atoms with Gasteiger partial charge in [-0.15, -0.1) is 0 Å². The summed E-state index contributed by atoms with van der Waals surface area (Å²) in [5.74, 6) is -1.99. The summed E-state index contributed by atoms with van der Waals surface area (Å²) in [6.07, 6.45) is 1.12. The van der Waals surface area contributed by atoms with E-state index in [4.69, 9.17) is 31.1 Å². The fraction of sp³-hybridized carbons (Fsp3) is 0.263. The summed E-state index contributed by atoms with van der Waals surface area (Å²) in [5, 5.41) is 20.1. The quantitative estimate of drug-likeness (QED) is 0.530. The number of carboxylic acids is 2. The molecule has 0 amide bonds. The molecule has 9 nitrogen and oxygen atoms in total. The summed E-state index contributed by atoms with van der Waals surface area (Å²) in [7, 11) is 0. The molecule has 154 valence electrons. The highest BCUT2D eigenvalue weighted by Crippen LogP contribution is 2.15. The lowest BCUT2D eigenvalue weighted by Crippen LogP contribution is -2.35. The average Bonchev–Trinajstić information content (AvgIpc) is 3.16. The van der Waals surface area contributed by atoms with E-state index in [1.165, 1.54) is 0 Å². The molecule has 0 aliphatic carbocycles. The van der Waals surface area contributed by atoms with E-state index in [2.05, 4.69) is 10.1 Å². The van der Waals surface area contributed by atoms with Gasteiger partial charge in [0.25, 0.3) is 0 Å². The minimum atomic E-state index is -1.26. The van der Waals surface area contributed by atoms with Crippen LogP contribution >= 0.6 is 11.6 Å². The second-order valence-electron chi connectivity index (χ2n) is 5.91. The first-order chi connectivity index (χ1) is 13.8. The maximum Gasteiger partial charge on any atom is 0.328 e. The number of morpholine rings is 1. The molecule has 0 spiro atoms. The van der Waals surface area contributed by atoms with Gasteiger partial charge in [-0.3, -0.25) is 9.69 Å². The third-order valence-corrected chi connectivity index (χ3v) is 4.00. The predicted octanol–water partition coefficient (Wildman–Crippen LogP) is 2.10. The molecular formula is C19H19ClN2O7. The Morgan fingerprint density at radius 1 is 1.07 bits per heavy atom. The number of hydrogen-bond donors (Lipinski definition) is 2. The topological polar surface area (TPSA) is 130 Å². The number of carbonyl (C=O) groups is 3. The van der Waals surface area contributed by atoms with E-state index in [9.17, 15) is 14.4 Å². The maximum absolute atomic E-state index is 12.3. The first-order valence-corrected chi connectivity index (χ1v) is 8.93. The highest BCUT2D eigenvalue weighted by Gasteiger charge is 2.17. The van der Waals surface area contributed by atoms with Crippen molar-refractivity contribution in [1.29, 1.82) is 0 Å². The highest BCUT2D eigenvalue weighted by molar-refractivity contribution is 6.30. The van der Waals surface area contributed by atoms with Crippen LogP contribution in [0.15, 0.2) is 47.0 Å². The van der Waals surface area contributed by atoms with Crippen molar-refractivity contribution in [3.05, 3.63) is 64.5 Å². The van der Waals surface area contributed by atoms with Crippen LogP contribution in [0.2, 0.25) is 5.02 Å². The van der Waals surface area contributed by atoms with Gasteiger partial charge >= 0.3 is 11.9 Å². The van der Waals surface area contributed by atoms with Gasteiger partial charge < -0.3 is 19.5 Å². The van der Waals surface area contributed by atoms with Gasteiger partial charge in [0.05, 0.1) is 19.8 Å². The number of aliphatic carboxylic acids is 2. The molecular weight excluding hydrogens is 404 g/mol. The molecule has 0 saturated carbocycles. The minimum absolute atomic E-state index is 0.163. The fourth-order valence-corrected chi connectivity index (χ4v) is 2.49. The van der Waals surface area contributed by atoms with Crippen LogP contribution in [0.3, 0.4) is 0 Å². The van der Waals surface area contributed by atoms with Crippen LogP contribution in [0, 0.1) is 0 Å². The normalized spacial score (nSPS) is 14.2. The lowest BCUT2D eigenvalue weighted by atomic mass is 10.1. The molecule has 29 heavy (non-hydrogen) atoms. The molecule has 1 aliphatic rings. The third kappa shape index (κ3) is 7.86. The summed E-state index contributed by atoms with van der Waals surface area (Å²) >= 11 is 5.81. The van der Waals surface area contributed by atoms with E-state index < -0.39 is 11.9 Å². The lowest BCUT2D eigenvalue weighted by molar-refractivity contribution is -0.134. The first-order valence-electron chi connectivity index (χ1n) is 8.55. The number of ketones is 1. The standard InChI is InChI=1S/C15H15ClN2O3.C4H4O4/c16-12-3-1-11(2-4-12)15(19)14-9-13(21-17-14)10-18-5-7-20-8-6-18;5-3(6)1-2-4(7)8/h1-4,9H,5-8,10H2;1-2H,(H,5,6)(H,7,8)/b;2-1-. The van der Waals surface area contributed by atoms with Crippen molar-refractivity contribution in [1.82, 2.24) is 10.1 Å². The van der Waals surface area contributed by atoms with Crippen LogP contribution in [0.4, 0.5) is 0 Å². The van der Waals surface area contributed by atoms with Crippen LogP contribution < -0.4 is 0 Å². The van der Waals surface area contributed by atoms with Crippen LogP contribution in [-0.4, -0.2) is 64.3 Å². The number of rotatable bonds is 6. The van der Waals surface area contributed by atoms with E-state index in [0.717, 1.165) is 26.3 Å². The average molecular weight is 423 g/mol. The number of hydrogen-bond acceptors (Lipinski definition) is 7. The molecule has 0 radical (unpaired) electrons. The molecule has 1 aromatic heterocycles. The molecule has 2 aromatic rings. The second-order valence-corrected chi connectivity index (χ2v) is 6.35. The van der Waals surface area contributed by atoms with E-state index in [0.29, 0.717) is 40.7 Å². The van der Waals surface area contributed by atoms with Gasteiger partial charge in [0.1, 0.15) is 0 Å². The highest BCUT2D eigenvalue weighted by atomic mass is 35.5. The zero-order chi connectivity index (χ0) is 21.2. The van der Waals surface area contributed by atoms with E-state index in [1.807, 2.05) is 0 Å². The van der Waals surface area contributed by atoms with Crippen LogP contribution in [0.1, 0.15) is 21.8 Å². The van der Waals surface area contributed by atoms with Gasteiger partial charge in [-0.2, -0.15) is 0 Å². The van der Waals surface area contributed by atoms with Gasteiger partial charge in [0.2, 0.25) is 5.78 Å². The number of carboxylic acid groups (broad SMARTS) is 2. The van der Waals surface area contributed by atoms with Gasteiger partial charge in [-0.25, -0.2) is 9.59 Å². The molecule has 10 heteroatoms. The number of benzene rings is 1. The molecule has 0 unspecified atom stereocenters. The number of carbonyl (C=O) groups excluding carboxylic acids is 1. The summed E-state index contributed by atoms with van der Waals surface area (Å²) in [4.78, 5) is 33.6. The largest absolute Gasteiger partial charge is 0.478 e. The Hall–Kier alpha value is -3.01. The minimum Gasteiger partial charge on any atom is -0.478 e. The van der Waals surface area contributed by atoms with Crippen molar-refractivity contribution in [2.24, 2.45) is 0 Å². The number of ether oxygens (including phenoxy) is 1. The van der Waals surface area contributed by atoms with Crippen LogP contribution in [0.5, 0.6) is 0 Å². The molecule has 1 saturated heterocycles. The molecule has 0 bridgehead atoms.